The molecule has 1 rings (SSSR count). The lowest BCUT2D eigenvalue weighted by Crippen LogP contribution is -2.37. The number of aromatic nitrogens is 1. The summed E-state index contributed by atoms with van der Waals surface area (Å²) in [5.74, 6) is 0. The molecule has 14 heavy (non-hydrogen) atoms. The molecule has 0 aliphatic heterocycles. The largest absolute Gasteiger partial charge is 0.365 e. The molecule has 0 aliphatic rings. The van der Waals surface area contributed by atoms with E-state index in [4.69, 9.17) is 10.5 Å². The first kappa shape index (κ1) is 11.1. The molecule has 1 unspecified atom stereocenters. The molecule has 1 aromatic heterocycles. The Hall–Kier alpha value is -0.930. The van der Waals surface area contributed by atoms with Gasteiger partial charge < -0.3 is 10.5 Å². The Morgan fingerprint density at radius 2 is 2.21 bits per heavy atom. The van der Waals surface area contributed by atoms with Crippen molar-refractivity contribution in [2.45, 2.75) is 32.5 Å². The smallest absolute Gasteiger partial charge is 0.120 e. The summed E-state index contributed by atoms with van der Waals surface area (Å²) in [4.78, 5) is 4.27. The molecule has 0 fully saturated rings. The van der Waals surface area contributed by atoms with Gasteiger partial charge in [-0.25, -0.2) is 0 Å². The van der Waals surface area contributed by atoms with Crippen LogP contribution < -0.4 is 5.73 Å². The molecule has 0 saturated carbocycles. The number of nitrogens with zero attached hydrogens (tertiary/aromatic N) is 1. The van der Waals surface area contributed by atoms with Crippen LogP contribution in [0.3, 0.4) is 0 Å². The van der Waals surface area contributed by atoms with Gasteiger partial charge in [0, 0.05) is 12.7 Å². The van der Waals surface area contributed by atoms with Crippen LogP contribution in [0.25, 0.3) is 0 Å². The first-order valence-electron chi connectivity index (χ1n) is 4.88. The number of hydrogen-bond donors (Lipinski definition) is 1. The molecule has 2 N–H and O–H groups in total. The van der Waals surface area contributed by atoms with Gasteiger partial charge in [0.15, 0.2) is 0 Å². The van der Waals surface area contributed by atoms with E-state index in [1.165, 1.54) is 0 Å². The van der Waals surface area contributed by atoms with Crippen molar-refractivity contribution >= 4 is 0 Å². The van der Waals surface area contributed by atoms with Crippen molar-refractivity contribution in [3.63, 3.8) is 0 Å². The maximum Gasteiger partial charge on any atom is 0.120 e. The number of ether oxygens (including phenoxy) is 1. The van der Waals surface area contributed by atoms with Gasteiger partial charge in [-0.2, -0.15) is 0 Å². The van der Waals surface area contributed by atoms with Crippen molar-refractivity contribution in [1.29, 1.82) is 0 Å². The SMILES string of the molecule is CC(C)OC(C)(CN)c1ccccn1. The van der Waals surface area contributed by atoms with Crippen LogP contribution in [0, 0.1) is 0 Å². The predicted octanol–water partition coefficient (Wildman–Crippen LogP) is 1.68. The van der Waals surface area contributed by atoms with Gasteiger partial charge in [0.25, 0.3) is 0 Å². The van der Waals surface area contributed by atoms with E-state index in [2.05, 4.69) is 4.98 Å². The monoisotopic (exact) mass is 194 g/mol. The normalized spacial score (nSPS) is 15.5. The molecule has 78 valence electrons. The molecule has 0 amide bonds. The fourth-order valence-electron chi connectivity index (χ4n) is 1.41. The summed E-state index contributed by atoms with van der Waals surface area (Å²) in [6, 6.07) is 5.77. The first-order chi connectivity index (χ1) is 6.58. The number of hydrogen-bond acceptors (Lipinski definition) is 3. The summed E-state index contributed by atoms with van der Waals surface area (Å²) in [5.41, 5.74) is 6.13. The fraction of sp³-hybridized carbons (Fsp3) is 0.545. The second-order valence-corrected chi connectivity index (χ2v) is 3.82. The standard InChI is InChI=1S/C11H18N2O/c1-9(2)14-11(3,8-12)10-6-4-5-7-13-10/h4-7,9H,8,12H2,1-3H3. The van der Waals surface area contributed by atoms with Crippen LogP contribution in [0.1, 0.15) is 26.5 Å². The lowest BCUT2D eigenvalue weighted by molar-refractivity contribution is -0.0692. The van der Waals surface area contributed by atoms with E-state index in [1.807, 2.05) is 39.0 Å². The van der Waals surface area contributed by atoms with Crippen LogP contribution in [0.4, 0.5) is 0 Å². The van der Waals surface area contributed by atoms with Gasteiger partial charge in [-0.3, -0.25) is 4.98 Å². The molecule has 3 heteroatoms. The third-order valence-electron chi connectivity index (χ3n) is 2.09. The molecule has 0 spiro atoms. The fourth-order valence-corrected chi connectivity index (χ4v) is 1.41. The minimum atomic E-state index is -0.477. The molecule has 1 heterocycles. The minimum Gasteiger partial charge on any atom is -0.365 e. The average molecular weight is 194 g/mol. The Kier molecular flexibility index (Phi) is 3.61. The van der Waals surface area contributed by atoms with Crippen LogP contribution in [0.15, 0.2) is 24.4 Å². The topological polar surface area (TPSA) is 48.1 Å². The molecular weight excluding hydrogens is 176 g/mol. The molecule has 0 saturated heterocycles. The number of nitrogens with two attached hydrogens (primary N) is 1. The Morgan fingerprint density at radius 1 is 1.50 bits per heavy atom. The lowest BCUT2D eigenvalue weighted by Gasteiger charge is -2.29. The molecule has 3 nitrogen and oxygen atoms in total. The van der Waals surface area contributed by atoms with Crippen LogP contribution in [0.2, 0.25) is 0 Å². The lowest BCUT2D eigenvalue weighted by atomic mass is 10.0. The van der Waals surface area contributed by atoms with E-state index >= 15 is 0 Å². The highest BCUT2D eigenvalue weighted by Crippen LogP contribution is 2.23. The van der Waals surface area contributed by atoms with Crippen LogP contribution >= 0.6 is 0 Å². The van der Waals surface area contributed by atoms with E-state index in [1.54, 1.807) is 6.20 Å². The number of rotatable bonds is 4. The quantitative estimate of drug-likeness (QED) is 0.793. The Labute approximate surface area is 85.3 Å². The molecule has 0 aromatic carbocycles. The second kappa shape index (κ2) is 4.53. The van der Waals surface area contributed by atoms with Gasteiger partial charge >= 0.3 is 0 Å². The molecule has 0 radical (unpaired) electrons. The summed E-state index contributed by atoms with van der Waals surface area (Å²) in [7, 11) is 0. The summed E-state index contributed by atoms with van der Waals surface area (Å²) in [6.45, 7) is 6.39. The summed E-state index contributed by atoms with van der Waals surface area (Å²) >= 11 is 0. The zero-order valence-electron chi connectivity index (χ0n) is 9.03. The average Bonchev–Trinajstić information content (AvgIpc) is 2.18. The van der Waals surface area contributed by atoms with E-state index in [9.17, 15) is 0 Å². The van der Waals surface area contributed by atoms with Gasteiger partial charge in [-0.15, -0.1) is 0 Å². The molecule has 1 aromatic rings. The van der Waals surface area contributed by atoms with E-state index in [-0.39, 0.29) is 6.10 Å². The van der Waals surface area contributed by atoms with E-state index < -0.39 is 5.60 Å². The first-order valence-corrected chi connectivity index (χ1v) is 4.88. The summed E-state index contributed by atoms with van der Waals surface area (Å²) < 4.78 is 5.79. The molecule has 1 atom stereocenters. The van der Waals surface area contributed by atoms with Crippen molar-refractivity contribution in [2.75, 3.05) is 6.54 Å². The van der Waals surface area contributed by atoms with Crippen molar-refractivity contribution in [1.82, 2.24) is 4.98 Å². The van der Waals surface area contributed by atoms with Crippen molar-refractivity contribution < 1.29 is 4.74 Å². The van der Waals surface area contributed by atoms with Crippen molar-refractivity contribution in [2.24, 2.45) is 5.73 Å². The van der Waals surface area contributed by atoms with Crippen LogP contribution in [-0.4, -0.2) is 17.6 Å². The second-order valence-electron chi connectivity index (χ2n) is 3.82. The maximum atomic E-state index is 5.79. The molecule has 0 aliphatic carbocycles. The third-order valence-corrected chi connectivity index (χ3v) is 2.09. The van der Waals surface area contributed by atoms with Gasteiger partial charge in [0.2, 0.25) is 0 Å². The summed E-state index contributed by atoms with van der Waals surface area (Å²) in [5, 5.41) is 0. The van der Waals surface area contributed by atoms with Crippen molar-refractivity contribution in [3.8, 4) is 0 Å². The zero-order chi connectivity index (χ0) is 10.6. The highest BCUT2D eigenvalue weighted by atomic mass is 16.5. The Morgan fingerprint density at radius 3 is 2.64 bits per heavy atom. The van der Waals surface area contributed by atoms with Gasteiger partial charge in [0.05, 0.1) is 11.8 Å². The zero-order valence-corrected chi connectivity index (χ0v) is 9.03. The van der Waals surface area contributed by atoms with E-state index in [0.717, 1.165) is 5.69 Å². The highest BCUT2D eigenvalue weighted by Gasteiger charge is 2.28. The van der Waals surface area contributed by atoms with Crippen LogP contribution in [-0.2, 0) is 10.3 Å². The number of pyridine rings is 1. The highest BCUT2D eigenvalue weighted by molar-refractivity contribution is 5.12. The van der Waals surface area contributed by atoms with Gasteiger partial charge in [0.1, 0.15) is 5.60 Å². The molecule has 0 bridgehead atoms. The molecular formula is C11H18N2O. The summed E-state index contributed by atoms with van der Waals surface area (Å²) in [6.07, 6.45) is 1.90. The van der Waals surface area contributed by atoms with Crippen molar-refractivity contribution in [3.05, 3.63) is 30.1 Å². The Balaban J connectivity index is 2.90. The van der Waals surface area contributed by atoms with Gasteiger partial charge in [-0.1, -0.05) is 6.07 Å². The minimum absolute atomic E-state index is 0.144. The predicted molar refractivity (Wildman–Crippen MR) is 56.9 cm³/mol. The maximum absolute atomic E-state index is 5.79. The third kappa shape index (κ3) is 2.53. The van der Waals surface area contributed by atoms with Gasteiger partial charge in [-0.05, 0) is 32.9 Å². The Bertz CT molecular complexity index is 274. The van der Waals surface area contributed by atoms with Crippen LogP contribution in [0.5, 0.6) is 0 Å². The van der Waals surface area contributed by atoms with E-state index in [0.29, 0.717) is 6.54 Å².